The Morgan fingerprint density at radius 1 is 1.17 bits per heavy atom. The third-order valence-electron chi connectivity index (χ3n) is 3.40. The van der Waals surface area contributed by atoms with Crippen LogP contribution in [0.2, 0.25) is 0 Å². The molecule has 0 spiro atoms. The second kappa shape index (κ2) is 6.91. The maximum absolute atomic E-state index is 11.7. The van der Waals surface area contributed by atoms with Crippen molar-refractivity contribution in [2.75, 3.05) is 5.32 Å². The first kappa shape index (κ1) is 16.5. The van der Waals surface area contributed by atoms with Crippen LogP contribution in [0.1, 0.15) is 25.1 Å². The maximum atomic E-state index is 11.7. The number of carbonyl (C=O) groups is 2. The van der Waals surface area contributed by atoms with Crippen LogP contribution in [0, 0.1) is 0 Å². The Hall–Kier alpha value is -2.89. The van der Waals surface area contributed by atoms with E-state index in [1.807, 2.05) is 30.3 Å². The summed E-state index contributed by atoms with van der Waals surface area (Å²) in [5.41, 5.74) is 0.646. The molecule has 2 aromatic rings. The van der Waals surface area contributed by atoms with E-state index in [1.54, 1.807) is 26.0 Å². The van der Waals surface area contributed by atoms with Gasteiger partial charge in [-0.25, -0.2) is 4.79 Å². The highest BCUT2D eigenvalue weighted by Gasteiger charge is 2.30. The number of carboxylic acids is 1. The first-order valence-electron chi connectivity index (χ1n) is 7.07. The molecule has 6 nitrogen and oxygen atoms in total. The molecule has 1 amide bonds. The molecule has 2 rings (SSSR count). The van der Waals surface area contributed by atoms with Gasteiger partial charge < -0.3 is 9.84 Å². The first-order chi connectivity index (χ1) is 10.9. The molecule has 0 aliphatic rings. The van der Waals surface area contributed by atoms with Gasteiger partial charge in [-0.2, -0.15) is 0 Å². The van der Waals surface area contributed by atoms with Crippen LogP contribution < -0.4 is 5.32 Å². The number of pyridine rings is 1. The standard InChI is InChI=1S/C17H18N2O4/c1-17(2,15(20)21)14-9-8-13(10-18-14)19-16(22)23-11-12-6-4-3-5-7-12/h3-10H,11H2,1-2H3,(H,19,22)(H,20,21). The van der Waals surface area contributed by atoms with Crippen LogP contribution in [0.25, 0.3) is 0 Å². The number of nitrogens with one attached hydrogen (secondary N) is 1. The lowest BCUT2D eigenvalue weighted by Crippen LogP contribution is -2.29. The second-order valence-electron chi connectivity index (χ2n) is 5.55. The normalized spacial score (nSPS) is 10.9. The van der Waals surface area contributed by atoms with Crippen molar-refractivity contribution >= 4 is 17.7 Å². The van der Waals surface area contributed by atoms with Crippen molar-refractivity contribution in [3.05, 3.63) is 59.9 Å². The SMILES string of the molecule is CC(C)(C(=O)O)c1ccc(NC(=O)OCc2ccccc2)cn1. The van der Waals surface area contributed by atoms with E-state index in [0.29, 0.717) is 11.4 Å². The number of benzene rings is 1. The molecule has 0 atom stereocenters. The van der Waals surface area contributed by atoms with E-state index >= 15 is 0 Å². The molecular formula is C17H18N2O4. The first-order valence-corrected chi connectivity index (χ1v) is 7.07. The zero-order chi connectivity index (χ0) is 16.9. The molecule has 6 heteroatoms. The summed E-state index contributed by atoms with van der Waals surface area (Å²) in [6, 6.07) is 12.5. The fraction of sp³-hybridized carbons (Fsp3) is 0.235. The fourth-order valence-corrected chi connectivity index (χ4v) is 1.82. The number of carbonyl (C=O) groups excluding carboxylic acids is 1. The number of nitrogens with zero attached hydrogens (tertiary/aromatic N) is 1. The van der Waals surface area contributed by atoms with Crippen LogP contribution in [0.15, 0.2) is 48.7 Å². The van der Waals surface area contributed by atoms with Gasteiger partial charge in [0, 0.05) is 0 Å². The van der Waals surface area contributed by atoms with Crippen molar-refractivity contribution < 1.29 is 19.4 Å². The van der Waals surface area contributed by atoms with Gasteiger partial charge in [-0.15, -0.1) is 0 Å². The van der Waals surface area contributed by atoms with Crippen molar-refractivity contribution in [3.8, 4) is 0 Å². The Kier molecular flexibility index (Phi) is 4.95. The van der Waals surface area contributed by atoms with Gasteiger partial charge in [-0.3, -0.25) is 15.1 Å². The number of hydrogen-bond acceptors (Lipinski definition) is 4. The van der Waals surface area contributed by atoms with Gasteiger partial charge in [0.15, 0.2) is 0 Å². The molecule has 0 fully saturated rings. The van der Waals surface area contributed by atoms with E-state index in [4.69, 9.17) is 9.84 Å². The van der Waals surface area contributed by atoms with Gasteiger partial charge in [0.1, 0.15) is 12.0 Å². The summed E-state index contributed by atoms with van der Waals surface area (Å²) in [6.07, 6.45) is 0.810. The van der Waals surface area contributed by atoms with E-state index in [2.05, 4.69) is 10.3 Å². The molecule has 0 saturated carbocycles. The van der Waals surface area contributed by atoms with Crippen molar-refractivity contribution in [2.45, 2.75) is 25.9 Å². The number of hydrogen-bond donors (Lipinski definition) is 2. The summed E-state index contributed by atoms with van der Waals surface area (Å²) >= 11 is 0. The second-order valence-corrected chi connectivity index (χ2v) is 5.55. The van der Waals surface area contributed by atoms with Crippen LogP contribution >= 0.6 is 0 Å². The van der Waals surface area contributed by atoms with Gasteiger partial charge in [0.05, 0.1) is 17.6 Å². The highest BCUT2D eigenvalue weighted by Crippen LogP contribution is 2.22. The predicted molar refractivity (Wildman–Crippen MR) is 85.1 cm³/mol. The Morgan fingerprint density at radius 3 is 2.43 bits per heavy atom. The summed E-state index contributed by atoms with van der Waals surface area (Å²) in [4.78, 5) is 27.0. The minimum Gasteiger partial charge on any atom is -0.481 e. The zero-order valence-corrected chi connectivity index (χ0v) is 12.9. The van der Waals surface area contributed by atoms with E-state index in [9.17, 15) is 9.59 Å². The number of carboxylic acid groups (broad SMARTS) is 1. The lowest BCUT2D eigenvalue weighted by atomic mass is 9.89. The Balaban J connectivity index is 1.93. The largest absolute Gasteiger partial charge is 0.481 e. The average Bonchev–Trinajstić information content (AvgIpc) is 2.54. The van der Waals surface area contributed by atoms with Crippen LogP contribution in [0.4, 0.5) is 10.5 Å². The van der Waals surface area contributed by atoms with Crippen LogP contribution in [-0.2, 0) is 21.6 Å². The topological polar surface area (TPSA) is 88.5 Å². The third-order valence-corrected chi connectivity index (χ3v) is 3.40. The van der Waals surface area contributed by atoms with Crippen molar-refractivity contribution in [3.63, 3.8) is 0 Å². The van der Waals surface area contributed by atoms with Crippen molar-refractivity contribution in [2.24, 2.45) is 0 Å². The number of aromatic nitrogens is 1. The van der Waals surface area contributed by atoms with E-state index < -0.39 is 17.5 Å². The summed E-state index contributed by atoms with van der Waals surface area (Å²) in [7, 11) is 0. The van der Waals surface area contributed by atoms with Gasteiger partial charge >= 0.3 is 12.1 Å². The number of aliphatic carboxylic acids is 1. The molecular weight excluding hydrogens is 296 g/mol. The molecule has 0 bridgehead atoms. The van der Waals surface area contributed by atoms with E-state index in [-0.39, 0.29) is 6.61 Å². The molecule has 2 N–H and O–H groups in total. The van der Waals surface area contributed by atoms with Crippen LogP contribution in [0.3, 0.4) is 0 Å². The van der Waals surface area contributed by atoms with E-state index in [1.165, 1.54) is 6.20 Å². The molecule has 23 heavy (non-hydrogen) atoms. The summed E-state index contributed by atoms with van der Waals surface area (Å²) in [6.45, 7) is 3.31. The molecule has 1 aromatic heterocycles. The monoisotopic (exact) mass is 314 g/mol. The van der Waals surface area contributed by atoms with Gasteiger partial charge in [-0.05, 0) is 31.5 Å². The molecule has 120 valence electrons. The van der Waals surface area contributed by atoms with Gasteiger partial charge in [0.25, 0.3) is 0 Å². The van der Waals surface area contributed by atoms with Crippen LogP contribution in [0.5, 0.6) is 0 Å². The van der Waals surface area contributed by atoms with Gasteiger partial charge in [0.2, 0.25) is 0 Å². The molecule has 0 radical (unpaired) electrons. The fourth-order valence-electron chi connectivity index (χ4n) is 1.82. The smallest absolute Gasteiger partial charge is 0.412 e. The summed E-state index contributed by atoms with van der Waals surface area (Å²) in [5, 5.41) is 11.7. The number of anilines is 1. The predicted octanol–water partition coefficient (Wildman–Crippen LogP) is 3.19. The highest BCUT2D eigenvalue weighted by atomic mass is 16.5. The molecule has 0 aliphatic heterocycles. The zero-order valence-electron chi connectivity index (χ0n) is 12.9. The molecule has 1 heterocycles. The average molecular weight is 314 g/mol. The number of amides is 1. The van der Waals surface area contributed by atoms with E-state index in [0.717, 1.165) is 5.56 Å². The minimum atomic E-state index is -1.09. The van der Waals surface area contributed by atoms with Crippen molar-refractivity contribution in [1.82, 2.24) is 4.98 Å². The molecule has 0 unspecified atom stereocenters. The third kappa shape index (κ3) is 4.29. The Morgan fingerprint density at radius 2 is 1.87 bits per heavy atom. The Bertz CT molecular complexity index is 681. The summed E-state index contributed by atoms with van der Waals surface area (Å²) < 4.78 is 5.10. The molecule has 0 saturated heterocycles. The molecule has 1 aromatic carbocycles. The van der Waals surface area contributed by atoms with Gasteiger partial charge in [-0.1, -0.05) is 30.3 Å². The lowest BCUT2D eigenvalue weighted by Gasteiger charge is -2.18. The van der Waals surface area contributed by atoms with Crippen LogP contribution in [-0.4, -0.2) is 22.2 Å². The lowest BCUT2D eigenvalue weighted by molar-refractivity contribution is -0.142. The maximum Gasteiger partial charge on any atom is 0.412 e. The summed E-state index contributed by atoms with van der Waals surface area (Å²) in [5.74, 6) is -0.965. The minimum absolute atomic E-state index is 0.171. The number of rotatable bonds is 5. The highest BCUT2D eigenvalue weighted by molar-refractivity contribution is 5.84. The Labute approximate surface area is 134 Å². The van der Waals surface area contributed by atoms with Crippen molar-refractivity contribution in [1.29, 1.82) is 0 Å². The molecule has 0 aliphatic carbocycles. The quantitative estimate of drug-likeness (QED) is 0.884. The number of ether oxygens (including phenoxy) is 1.